The van der Waals surface area contributed by atoms with Gasteiger partial charge in [-0.2, -0.15) is 0 Å². The van der Waals surface area contributed by atoms with E-state index in [-0.39, 0.29) is 17.8 Å². The summed E-state index contributed by atoms with van der Waals surface area (Å²) in [5.74, 6) is -0.228. The minimum atomic E-state index is -0.279. The summed E-state index contributed by atoms with van der Waals surface area (Å²) in [6, 6.07) is 14.0. The summed E-state index contributed by atoms with van der Waals surface area (Å²) < 4.78 is 13.3. The molecule has 6 heteroatoms. The lowest BCUT2D eigenvalue weighted by Gasteiger charge is -2.39. The van der Waals surface area contributed by atoms with Crippen LogP contribution in [0.1, 0.15) is 12.5 Å². The highest BCUT2D eigenvalue weighted by atomic mass is 35.5. The molecule has 0 spiro atoms. The van der Waals surface area contributed by atoms with Crippen LogP contribution in [0.4, 0.5) is 10.1 Å². The number of hydrogen-bond donors (Lipinski definition) is 0. The number of piperazine rings is 1. The number of carbonyl (C=O) groups excluding carboxylic acids is 1. The monoisotopic (exact) mass is 389 g/mol. The number of amides is 1. The molecule has 0 N–H and O–H groups in total. The normalized spacial score (nSPS) is 16.2. The van der Waals surface area contributed by atoms with E-state index in [0.29, 0.717) is 6.54 Å². The molecule has 3 rings (SSSR count). The minimum Gasteiger partial charge on any atom is -0.369 e. The van der Waals surface area contributed by atoms with Crippen LogP contribution in [0.25, 0.3) is 0 Å². The topological polar surface area (TPSA) is 26.8 Å². The fourth-order valence-electron chi connectivity index (χ4n) is 3.50. The van der Waals surface area contributed by atoms with Crippen LogP contribution >= 0.6 is 11.6 Å². The second-order valence-corrected chi connectivity index (χ2v) is 7.44. The highest BCUT2D eigenvalue weighted by Crippen LogP contribution is 2.21. The summed E-state index contributed by atoms with van der Waals surface area (Å²) >= 11 is 6.09. The molecule has 27 heavy (non-hydrogen) atoms. The van der Waals surface area contributed by atoms with Crippen LogP contribution < -0.4 is 4.90 Å². The van der Waals surface area contributed by atoms with E-state index in [2.05, 4.69) is 15.9 Å². The molecule has 1 saturated heterocycles. The van der Waals surface area contributed by atoms with Crippen LogP contribution in [-0.2, 0) is 11.3 Å². The fraction of sp³-hybridized carbons (Fsp3) is 0.381. The molecule has 0 saturated carbocycles. The highest BCUT2D eigenvalue weighted by Gasteiger charge is 2.27. The largest absolute Gasteiger partial charge is 0.369 e. The van der Waals surface area contributed by atoms with Gasteiger partial charge < -0.3 is 9.80 Å². The lowest BCUT2D eigenvalue weighted by atomic mass is 10.1. The smallest absolute Gasteiger partial charge is 0.239 e. The first-order valence-corrected chi connectivity index (χ1v) is 9.56. The number of rotatable bonds is 5. The average Bonchev–Trinajstić information content (AvgIpc) is 2.67. The second kappa shape index (κ2) is 8.72. The van der Waals surface area contributed by atoms with Crippen molar-refractivity contribution in [3.05, 3.63) is 64.9 Å². The number of hydrogen-bond acceptors (Lipinski definition) is 3. The van der Waals surface area contributed by atoms with Crippen molar-refractivity contribution >= 4 is 23.2 Å². The zero-order chi connectivity index (χ0) is 19.4. The number of halogens is 2. The van der Waals surface area contributed by atoms with Gasteiger partial charge in [0.1, 0.15) is 5.82 Å². The molecule has 2 aromatic rings. The molecule has 0 aromatic heterocycles. The fourth-order valence-corrected chi connectivity index (χ4v) is 3.69. The van der Waals surface area contributed by atoms with Crippen LogP contribution in [0.15, 0.2) is 48.5 Å². The Morgan fingerprint density at radius 2 is 1.85 bits per heavy atom. The lowest BCUT2D eigenvalue weighted by molar-refractivity contribution is -0.135. The molecule has 2 aromatic carbocycles. The Morgan fingerprint density at radius 1 is 1.15 bits per heavy atom. The van der Waals surface area contributed by atoms with E-state index in [1.807, 2.05) is 31.2 Å². The highest BCUT2D eigenvalue weighted by molar-refractivity contribution is 6.30. The molecule has 0 radical (unpaired) electrons. The van der Waals surface area contributed by atoms with Crippen LogP contribution in [0.3, 0.4) is 0 Å². The van der Waals surface area contributed by atoms with Crippen molar-refractivity contribution in [3.63, 3.8) is 0 Å². The van der Waals surface area contributed by atoms with Crippen molar-refractivity contribution < 1.29 is 9.18 Å². The third kappa shape index (κ3) is 4.99. The molecule has 0 bridgehead atoms. The van der Waals surface area contributed by atoms with E-state index in [1.165, 1.54) is 12.1 Å². The van der Waals surface area contributed by atoms with Gasteiger partial charge in [-0.15, -0.1) is 0 Å². The first-order valence-electron chi connectivity index (χ1n) is 9.18. The Balaban J connectivity index is 1.55. The van der Waals surface area contributed by atoms with Gasteiger partial charge in [-0.05, 0) is 42.8 Å². The van der Waals surface area contributed by atoms with Crippen LogP contribution in [0.5, 0.6) is 0 Å². The molecule has 4 nitrogen and oxygen atoms in total. The van der Waals surface area contributed by atoms with Gasteiger partial charge in [-0.25, -0.2) is 4.39 Å². The molecular weight excluding hydrogens is 365 g/mol. The van der Waals surface area contributed by atoms with E-state index in [4.69, 9.17) is 11.6 Å². The van der Waals surface area contributed by atoms with Gasteiger partial charge in [0.2, 0.25) is 5.91 Å². The van der Waals surface area contributed by atoms with Gasteiger partial charge >= 0.3 is 0 Å². The predicted octanol–water partition coefficient (Wildman–Crippen LogP) is 3.65. The Bertz CT molecular complexity index is 793. The zero-order valence-corrected chi connectivity index (χ0v) is 16.5. The van der Waals surface area contributed by atoms with E-state index in [1.54, 1.807) is 18.0 Å². The summed E-state index contributed by atoms with van der Waals surface area (Å²) in [7, 11) is 1.77. The van der Waals surface area contributed by atoms with E-state index < -0.39 is 0 Å². The number of likely N-dealkylation sites (N-methyl/N-ethyl adjacent to an activating group) is 1. The molecule has 1 aliphatic heterocycles. The molecule has 1 aliphatic rings. The number of carbonyl (C=O) groups is 1. The third-order valence-corrected chi connectivity index (χ3v) is 5.31. The van der Waals surface area contributed by atoms with Crippen molar-refractivity contribution in [1.29, 1.82) is 0 Å². The SMILES string of the molecule is C[C@H](C(=O)N(C)Cc1cccc(F)c1)N1CCN(c2cccc(Cl)c2)CC1. The van der Waals surface area contributed by atoms with Gasteiger partial charge in [-0.3, -0.25) is 9.69 Å². The summed E-state index contributed by atoms with van der Waals surface area (Å²) in [4.78, 5) is 18.9. The van der Waals surface area contributed by atoms with Gasteiger partial charge in [0.15, 0.2) is 0 Å². The van der Waals surface area contributed by atoms with E-state index in [9.17, 15) is 9.18 Å². The van der Waals surface area contributed by atoms with E-state index >= 15 is 0 Å². The number of nitrogens with zero attached hydrogens (tertiary/aromatic N) is 3. The maximum absolute atomic E-state index is 13.3. The number of anilines is 1. The van der Waals surface area contributed by atoms with Gasteiger partial charge in [0.25, 0.3) is 0 Å². The van der Waals surface area contributed by atoms with Gasteiger partial charge in [0.05, 0.1) is 6.04 Å². The van der Waals surface area contributed by atoms with Crippen molar-refractivity contribution in [2.24, 2.45) is 0 Å². The summed E-state index contributed by atoms with van der Waals surface area (Å²) in [5.41, 5.74) is 1.91. The van der Waals surface area contributed by atoms with Crippen molar-refractivity contribution in [2.75, 3.05) is 38.1 Å². The second-order valence-electron chi connectivity index (χ2n) is 7.00. The first kappa shape index (κ1) is 19.6. The Kier molecular flexibility index (Phi) is 6.34. The molecular formula is C21H25ClFN3O. The van der Waals surface area contributed by atoms with Gasteiger partial charge in [0, 0.05) is 50.5 Å². The molecule has 144 valence electrons. The molecule has 0 unspecified atom stereocenters. The van der Waals surface area contributed by atoms with Crippen molar-refractivity contribution in [1.82, 2.24) is 9.80 Å². The quantitative estimate of drug-likeness (QED) is 0.781. The molecule has 1 amide bonds. The molecule has 1 fully saturated rings. The van der Waals surface area contributed by atoms with Crippen molar-refractivity contribution in [3.8, 4) is 0 Å². The summed E-state index contributed by atoms with van der Waals surface area (Å²) in [6.45, 7) is 5.68. The summed E-state index contributed by atoms with van der Waals surface area (Å²) in [6.07, 6.45) is 0. The third-order valence-electron chi connectivity index (χ3n) is 5.08. The van der Waals surface area contributed by atoms with Crippen LogP contribution in [0.2, 0.25) is 5.02 Å². The zero-order valence-electron chi connectivity index (χ0n) is 15.7. The Labute approximate surface area is 165 Å². The van der Waals surface area contributed by atoms with Crippen LogP contribution in [0, 0.1) is 5.82 Å². The first-order chi connectivity index (χ1) is 12.9. The predicted molar refractivity (Wildman–Crippen MR) is 108 cm³/mol. The lowest BCUT2D eigenvalue weighted by Crippen LogP contribution is -2.54. The van der Waals surface area contributed by atoms with Crippen LogP contribution in [-0.4, -0.2) is 55.0 Å². The maximum Gasteiger partial charge on any atom is 0.239 e. The van der Waals surface area contributed by atoms with E-state index in [0.717, 1.165) is 42.5 Å². The Hall–Kier alpha value is -2.11. The molecule has 1 atom stereocenters. The average molecular weight is 390 g/mol. The maximum atomic E-state index is 13.3. The Morgan fingerprint density at radius 3 is 2.52 bits per heavy atom. The summed E-state index contributed by atoms with van der Waals surface area (Å²) in [5, 5.41) is 0.734. The van der Waals surface area contributed by atoms with Gasteiger partial charge in [-0.1, -0.05) is 29.8 Å². The number of benzene rings is 2. The van der Waals surface area contributed by atoms with Crippen molar-refractivity contribution in [2.45, 2.75) is 19.5 Å². The molecule has 1 heterocycles. The minimum absolute atomic E-state index is 0.0514. The standard InChI is InChI=1S/C21H25ClFN3O/c1-16(21(27)24(2)15-17-5-3-7-19(23)13-17)25-9-11-26(12-10-25)20-8-4-6-18(22)14-20/h3-8,13-14,16H,9-12,15H2,1-2H3/t16-/m1/s1. The molecule has 0 aliphatic carbocycles.